The minimum absolute atomic E-state index is 0.0326. The number of nitrogens with one attached hydrogen (secondary N) is 1. The second-order valence-corrected chi connectivity index (χ2v) is 12.5. The molecule has 0 radical (unpaired) electrons. The zero-order valence-electron chi connectivity index (χ0n) is 24.8. The number of aryl methyl sites for hydroxylation is 1. The maximum absolute atomic E-state index is 14.1. The van der Waals surface area contributed by atoms with E-state index in [2.05, 4.69) is 5.32 Å². The highest BCUT2D eigenvalue weighted by atomic mass is 35.5. The molecule has 2 amide bonds. The number of benzene rings is 3. The van der Waals surface area contributed by atoms with Gasteiger partial charge in [-0.25, -0.2) is 8.42 Å². The van der Waals surface area contributed by atoms with Gasteiger partial charge in [-0.3, -0.25) is 13.9 Å². The summed E-state index contributed by atoms with van der Waals surface area (Å²) in [6, 6.07) is 19.8. The molecule has 226 valence electrons. The van der Waals surface area contributed by atoms with Gasteiger partial charge in [0.2, 0.25) is 11.8 Å². The van der Waals surface area contributed by atoms with E-state index < -0.39 is 28.5 Å². The van der Waals surface area contributed by atoms with Crippen molar-refractivity contribution in [2.45, 2.75) is 63.9 Å². The van der Waals surface area contributed by atoms with Gasteiger partial charge < -0.3 is 15.0 Å². The van der Waals surface area contributed by atoms with Crippen molar-refractivity contribution in [1.82, 2.24) is 10.2 Å². The molecule has 3 rings (SSSR count). The first-order valence-corrected chi connectivity index (χ1v) is 15.9. The molecule has 3 aromatic rings. The maximum Gasteiger partial charge on any atom is 0.264 e. The largest absolute Gasteiger partial charge is 0.495 e. The van der Waals surface area contributed by atoms with Gasteiger partial charge >= 0.3 is 0 Å². The minimum atomic E-state index is -4.19. The molecule has 0 aromatic heterocycles. The van der Waals surface area contributed by atoms with Crippen LogP contribution >= 0.6 is 11.6 Å². The first kappa shape index (κ1) is 32.9. The van der Waals surface area contributed by atoms with E-state index in [0.717, 1.165) is 21.9 Å². The average Bonchev–Trinajstić information content (AvgIpc) is 2.98. The van der Waals surface area contributed by atoms with E-state index in [1.54, 1.807) is 24.3 Å². The highest BCUT2D eigenvalue weighted by Gasteiger charge is 2.34. The highest BCUT2D eigenvalue weighted by Crippen LogP contribution is 2.32. The lowest BCUT2D eigenvalue weighted by atomic mass is 10.1. The number of hydrogen-bond donors (Lipinski definition) is 1. The van der Waals surface area contributed by atoms with Crippen molar-refractivity contribution in [2.24, 2.45) is 0 Å². The fraction of sp³-hybridized carbons (Fsp3) is 0.375. The Bertz CT molecular complexity index is 1450. The Morgan fingerprint density at radius 3 is 2.21 bits per heavy atom. The predicted molar refractivity (Wildman–Crippen MR) is 168 cm³/mol. The second kappa shape index (κ2) is 15.1. The van der Waals surface area contributed by atoms with Gasteiger partial charge in [-0.1, -0.05) is 73.5 Å². The van der Waals surface area contributed by atoms with Crippen molar-refractivity contribution in [3.8, 4) is 5.75 Å². The summed E-state index contributed by atoms with van der Waals surface area (Å²) in [5.41, 5.74) is 2.10. The van der Waals surface area contributed by atoms with Gasteiger partial charge in [0.1, 0.15) is 18.3 Å². The number of halogens is 1. The van der Waals surface area contributed by atoms with Crippen LogP contribution in [0, 0.1) is 6.92 Å². The Kier molecular flexibility index (Phi) is 11.8. The van der Waals surface area contributed by atoms with E-state index in [0.29, 0.717) is 18.6 Å². The number of carbonyl (C=O) groups excluding carboxylic acids is 2. The third kappa shape index (κ3) is 8.26. The third-order valence-electron chi connectivity index (χ3n) is 7.18. The molecule has 3 aromatic carbocycles. The fourth-order valence-corrected chi connectivity index (χ4v) is 6.17. The Hall–Kier alpha value is -3.56. The van der Waals surface area contributed by atoms with Crippen molar-refractivity contribution in [2.75, 3.05) is 24.5 Å². The van der Waals surface area contributed by atoms with E-state index in [-0.39, 0.29) is 34.1 Å². The van der Waals surface area contributed by atoms with Crippen molar-refractivity contribution in [3.05, 3.63) is 88.9 Å². The van der Waals surface area contributed by atoms with Crippen molar-refractivity contribution in [3.63, 3.8) is 0 Å². The van der Waals surface area contributed by atoms with Crippen LogP contribution in [0.3, 0.4) is 0 Å². The van der Waals surface area contributed by atoms with Crippen LogP contribution in [0.15, 0.2) is 77.7 Å². The standard InChI is InChI=1S/C32H40ClN3O5S/c1-6-24(4)34-32(38)29(7-2)35(20-19-25-11-9-8-10-12-25)31(37)22-36(26-15-18-30(41-5)28(33)21-26)42(39,40)27-16-13-23(3)14-17-27/h8-18,21,24,29H,6-7,19-20,22H2,1-5H3,(H,34,38)/t24-,29+/m1/s1. The smallest absolute Gasteiger partial charge is 0.264 e. The van der Waals surface area contributed by atoms with E-state index in [4.69, 9.17) is 16.3 Å². The van der Waals surface area contributed by atoms with Gasteiger partial charge in [0.25, 0.3) is 10.0 Å². The molecule has 0 fully saturated rings. The molecule has 0 saturated carbocycles. The molecule has 0 saturated heterocycles. The Morgan fingerprint density at radius 1 is 0.976 bits per heavy atom. The zero-order valence-corrected chi connectivity index (χ0v) is 26.4. The molecule has 10 heteroatoms. The van der Waals surface area contributed by atoms with Gasteiger partial charge in [0.15, 0.2) is 0 Å². The lowest BCUT2D eigenvalue weighted by Crippen LogP contribution is -2.54. The summed E-state index contributed by atoms with van der Waals surface area (Å²) in [5, 5.41) is 3.19. The molecule has 0 aliphatic heterocycles. The van der Waals surface area contributed by atoms with E-state index in [1.165, 1.54) is 30.2 Å². The number of hydrogen-bond acceptors (Lipinski definition) is 5. The average molecular weight is 614 g/mol. The maximum atomic E-state index is 14.1. The van der Waals surface area contributed by atoms with Gasteiger partial charge in [0, 0.05) is 12.6 Å². The minimum Gasteiger partial charge on any atom is -0.495 e. The number of carbonyl (C=O) groups is 2. The number of sulfonamides is 1. The lowest BCUT2D eigenvalue weighted by molar-refractivity contribution is -0.139. The summed E-state index contributed by atoms with van der Waals surface area (Å²) in [6.45, 7) is 7.29. The van der Waals surface area contributed by atoms with E-state index in [1.807, 2.05) is 58.0 Å². The summed E-state index contributed by atoms with van der Waals surface area (Å²) in [5.74, 6) is -0.398. The number of anilines is 1. The molecule has 0 bridgehead atoms. The number of rotatable bonds is 14. The molecule has 2 atom stereocenters. The second-order valence-electron chi connectivity index (χ2n) is 10.2. The fourth-order valence-electron chi connectivity index (χ4n) is 4.51. The van der Waals surface area contributed by atoms with E-state index >= 15 is 0 Å². The number of ether oxygens (including phenoxy) is 1. The van der Waals surface area contributed by atoms with Gasteiger partial charge in [-0.05, 0) is 69.0 Å². The van der Waals surface area contributed by atoms with Crippen LogP contribution in [0.4, 0.5) is 5.69 Å². The van der Waals surface area contributed by atoms with Crippen LogP contribution in [0.5, 0.6) is 5.75 Å². The lowest BCUT2D eigenvalue weighted by Gasteiger charge is -2.33. The van der Waals surface area contributed by atoms with Crippen molar-refractivity contribution < 1.29 is 22.7 Å². The SMILES string of the molecule is CC[C@@H](C)NC(=O)[C@H](CC)N(CCc1ccccc1)C(=O)CN(c1ccc(OC)c(Cl)c1)S(=O)(=O)c1ccc(C)cc1. The summed E-state index contributed by atoms with van der Waals surface area (Å²) in [4.78, 5) is 29.0. The van der Waals surface area contributed by atoms with Gasteiger partial charge in [-0.2, -0.15) is 0 Å². The Labute approximate surface area is 254 Å². The van der Waals surface area contributed by atoms with Crippen LogP contribution in [0.1, 0.15) is 44.7 Å². The van der Waals surface area contributed by atoms with Crippen LogP contribution < -0.4 is 14.4 Å². The van der Waals surface area contributed by atoms with Crippen LogP contribution in [-0.4, -0.2) is 57.4 Å². The molecule has 42 heavy (non-hydrogen) atoms. The Balaban J connectivity index is 2.04. The highest BCUT2D eigenvalue weighted by molar-refractivity contribution is 7.92. The third-order valence-corrected chi connectivity index (χ3v) is 9.27. The van der Waals surface area contributed by atoms with Crippen LogP contribution in [0.25, 0.3) is 0 Å². The Morgan fingerprint density at radius 2 is 1.64 bits per heavy atom. The summed E-state index contributed by atoms with van der Waals surface area (Å²) in [6.07, 6.45) is 1.60. The molecule has 0 spiro atoms. The molecular formula is C32H40ClN3O5S. The van der Waals surface area contributed by atoms with Crippen molar-refractivity contribution in [1.29, 1.82) is 0 Å². The molecule has 0 heterocycles. The van der Waals surface area contributed by atoms with Gasteiger partial charge in [-0.15, -0.1) is 0 Å². The molecule has 0 aliphatic carbocycles. The first-order chi connectivity index (χ1) is 20.0. The topological polar surface area (TPSA) is 96.0 Å². The normalized spacial score (nSPS) is 12.7. The quantitative estimate of drug-likeness (QED) is 0.255. The predicted octanol–water partition coefficient (Wildman–Crippen LogP) is 5.62. The zero-order chi connectivity index (χ0) is 30.9. The molecule has 0 aliphatic rings. The van der Waals surface area contributed by atoms with E-state index in [9.17, 15) is 18.0 Å². The molecule has 1 N–H and O–H groups in total. The molecule has 0 unspecified atom stereocenters. The van der Waals surface area contributed by atoms with Crippen LogP contribution in [0.2, 0.25) is 5.02 Å². The summed E-state index contributed by atoms with van der Waals surface area (Å²) in [7, 11) is -2.73. The first-order valence-electron chi connectivity index (χ1n) is 14.1. The van der Waals surface area contributed by atoms with Gasteiger partial charge in [0.05, 0.1) is 22.7 Å². The number of amides is 2. The number of methoxy groups -OCH3 is 1. The number of nitrogens with zero attached hydrogens (tertiary/aromatic N) is 2. The molecular weight excluding hydrogens is 574 g/mol. The summed E-state index contributed by atoms with van der Waals surface area (Å²) < 4.78 is 34.3. The molecule has 8 nitrogen and oxygen atoms in total. The summed E-state index contributed by atoms with van der Waals surface area (Å²) >= 11 is 6.39. The monoisotopic (exact) mass is 613 g/mol. The van der Waals surface area contributed by atoms with Crippen molar-refractivity contribution >= 4 is 39.1 Å². The van der Waals surface area contributed by atoms with Crippen LogP contribution in [-0.2, 0) is 26.0 Å².